The van der Waals surface area contributed by atoms with Gasteiger partial charge in [-0.25, -0.2) is 0 Å². The zero-order chi connectivity index (χ0) is 10.7. The Balaban J connectivity index is 2.28. The van der Waals surface area contributed by atoms with E-state index < -0.39 is 0 Å². The molecule has 1 atom stereocenters. The van der Waals surface area contributed by atoms with Gasteiger partial charge in [0.15, 0.2) is 0 Å². The van der Waals surface area contributed by atoms with Gasteiger partial charge in [-0.3, -0.25) is 4.68 Å². The number of aromatic nitrogens is 2. The van der Waals surface area contributed by atoms with E-state index in [-0.39, 0.29) is 6.04 Å². The second-order valence-electron chi connectivity index (χ2n) is 3.63. The monoisotopic (exact) mass is 201 g/mol. The molecule has 1 aromatic carbocycles. The van der Waals surface area contributed by atoms with E-state index in [9.17, 15) is 0 Å². The Morgan fingerprint density at radius 1 is 1.27 bits per heavy atom. The average molecular weight is 201 g/mol. The van der Waals surface area contributed by atoms with E-state index in [2.05, 4.69) is 24.2 Å². The number of benzene rings is 1. The van der Waals surface area contributed by atoms with Crippen LogP contribution in [-0.2, 0) is 0 Å². The first-order chi connectivity index (χ1) is 7.31. The standard InChI is InChI=1S/C12H15N3/c1-10(9-13)15-8-7-12(14-15)11-5-3-2-4-6-11/h2-8,10H,9,13H2,1H3/t10-/m0/s1. The van der Waals surface area contributed by atoms with Gasteiger partial charge in [0.2, 0.25) is 0 Å². The fourth-order valence-electron chi connectivity index (χ4n) is 1.45. The molecule has 3 nitrogen and oxygen atoms in total. The number of hydrogen-bond donors (Lipinski definition) is 1. The van der Waals surface area contributed by atoms with Crippen molar-refractivity contribution >= 4 is 0 Å². The van der Waals surface area contributed by atoms with Crippen LogP contribution in [0.4, 0.5) is 0 Å². The molecule has 0 aliphatic carbocycles. The van der Waals surface area contributed by atoms with Gasteiger partial charge in [0.25, 0.3) is 0 Å². The molecule has 0 unspecified atom stereocenters. The third-order valence-electron chi connectivity index (χ3n) is 2.47. The summed E-state index contributed by atoms with van der Waals surface area (Å²) in [6.45, 7) is 2.66. The van der Waals surface area contributed by atoms with Crippen LogP contribution in [0.1, 0.15) is 13.0 Å². The van der Waals surface area contributed by atoms with Crippen molar-refractivity contribution in [1.29, 1.82) is 0 Å². The van der Waals surface area contributed by atoms with Crippen LogP contribution in [0, 0.1) is 0 Å². The molecule has 2 rings (SSSR count). The lowest BCUT2D eigenvalue weighted by molar-refractivity contribution is 0.502. The number of rotatable bonds is 3. The first kappa shape index (κ1) is 9.93. The molecule has 15 heavy (non-hydrogen) atoms. The normalized spacial score (nSPS) is 12.7. The molecular weight excluding hydrogens is 186 g/mol. The molecule has 0 fully saturated rings. The van der Waals surface area contributed by atoms with Gasteiger partial charge >= 0.3 is 0 Å². The summed E-state index contributed by atoms with van der Waals surface area (Å²) in [6, 6.07) is 12.4. The molecule has 0 aliphatic heterocycles. The summed E-state index contributed by atoms with van der Waals surface area (Å²) in [6.07, 6.45) is 1.97. The Kier molecular flexibility index (Phi) is 2.83. The van der Waals surface area contributed by atoms with Gasteiger partial charge in [-0.05, 0) is 13.0 Å². The number of nitrogens with two attached hydrogens (primary N) is 1. The quantitative estimate of drug-likeness (QED) is 0.826. The largest absolute Gasteiger partial charge is 0.328 e. The highest BCUT2D eigenvalue weighted by Gasteiger charge is 2.05. The molecule has 1 heterocycles. The highest BCUT2D eigenvalue weighted by Crippen LogP contribution is 2.17. The van der Waals surface area contributed by atoms with Crippen LogP contribution in [-0.4, -0.2) is 16.3 Å². The molecule has 0 bridgehead atoms. The Bertz CT molecular complexity index is 419. The number of nitrogens with zero attached hydrogens (tertiary/aromatic N) is 2. The van der Waals surface area contributed by atoms with Crippen molar-refractivity contribution in [3.05, 3.63) is 42.6 Å². The molecule has 2 aromatic rings. The molecule has 0 saturated heterocycles. The highest BCUT2D eigenvalue weighted by molar-refractivity contribution is 5.57. The summed E-state index contributed by atoms with van der Waals surface area (Å²) in [5, 5.41) is 4.49. The molecule has 0 saturated carbocycles. The van der Waals surface area contributed by atoms with Gasteiger partial charge in [-0.15, -0.1) is 0 Å². The van der Waals surface area contributed by atoms with Crippen LogP contribution in [0.25, 0.3) is 11.3 Å². The molecule has 0 radical (unpaired) electrons. The predicted molar refractivity (Wildman–Crippen MR) is 61.4 cm³/mol. The second kappa shape index (κ2) is 4.28. The van der Waals surface area contributed by atoms with E-state index in [1.807, 2.05) is 35.1 Å². The minimum absolute atomic E-state index is 0.252. The van der Waals surface area contributed by atoms with Crippen molar-refractivity contribution in [2.75, 3.05) is 6.54 Å². The van der Waals surface area contributed by atoms with Crippen LogP contribution in [0.5, 0.6) is 0 Å². The van der Waals surface area contributed by atoms with Gasteiger partial charge in [-0.1, -0.05) is 30.3 Å². The SMILES string of the molecule is C[C@@H](CN)n1ccc(-c2ccccc2)n1. The molecule has 0 amide bonds. The first-order valence-corrected chi connectivity index (χ1v) is 5.12. The van der Waals surface area contributed by atoms with E-state index in [0.717, 1.165) is 11.3 Å². The molecular formula is C12H15N3. The minimum atomic E-state index is 0.252. The van der Waals surface area contributed by atoms with Crippen molar-refractivity contribution in [2.45, 2.75) is 13.0 Å². The minimum Gasteiger partial charge on any atom is -0.328 e. The number of hydrogen-bond acceptors (Lipinski definition) is 2. The predicted octanol–water partition coefficient (Wildman–Crippen LogP) is 2.07. The Morgan fingerprint density at radius 2 is 2.00 bits per heavy atom. The fraction of sp³-hybridized carbons (Fsp3) is 0.250. The van der Waals surface area contributed by atoms with Gasteiger partial charge in [-0.2, -0.15) is 5.10 Å². The van der Waals surface area contributed by atoms with Gasteiger partial charge in [0.05, 0.1) is 11.7 Å². The van der Waals surface area contributed by atoms with Gasteiger partial charge in [0, 0.05) is 18.3 Å². The zero-order valence-electron chi connectivity index (χ0n) is 8.80. The Morgan fingerprint density at radius 3 is 2.67 bits per heavy atom. The lowest BCUT2D eigenvalue weighted by Gasteiger charge is -2.07. The van der Waals surface area contributed by atoms with Gasteiger partial charge < -0.3 is 5.73 Å². The molecule has 78 valence electrons. The zero-order valence-corrected chi connectivity index (χ0v) is 8.80. The first-order valence-electron chi connectivity index (χ1n) is 5.12. The highest BCUT2D eigenvalue weighted by atomic mass is 15.3. The van der Waals surface area contributed by atoms with Crippen molar-refractivity contribution in [3.63, 3.8) is 0 Å². The average Bonchev–Trinajstić information content (AvgIpc) is 2.78. The topological polar surface area (TPSA) is 43.8 Å². The summed E-state index contributed by atoms with van der Waals surface area (Å²) in [7, 11) is 0. The summed E-state index contributed by atoms with van der Waals surface area (Å²) in [4.78, 5) is 0. The summed E-state index contributed by atoms with van der Waals surface area (Å²) < 4.78 is 1.91. The summed E-state index contributed by atoms with van der Waals surface area (Å²) in [5.74, 6) is 0. The van der Waals surface area contributed by atoms with Crippen molar-refractivity contribution in [1.82, 2.24) is 9.78 Å². The maximum Gasteiger partial charge on any atom is 0.0923 e. The molecule has 3 heteroatoms. The van der Waals surface area contributed by atoms with Crippen LogP contribution in [0.3, 0.4) is 0 Å². The van der Waals surface area contributed by atoms with Crippen molar-refractivity contribution < 1.29 is 0 Å². The maximum absolute atomic E-state index is 5.59. The molecule has 1 aromatic heterocycles. The summed E-state index contributed by atoms with van der Waals surface area (Å²) in [5.41, 5.74) is 7.73. The van der Waals surface area contributed by atoms with Crippen LogP contribution >= 0.6 is 0 Å². The third-order valence-corrected chi connectivity index (χ3v) is 2.47. The lowest BCUT2D eigenvalue weighted by atomic mass is 10.2. The van der Waals surface area contributed by atoms with E-state index in [1.54, 1.807) is 0 Å². The van der Waals surface area contributed by atoms with Crippen LogP contribution < -0.4 is 5.73 Å². The van der Waals surface area contributed by atoms with E-state index in [1.165, 1.54) is 0 Å². The molecule has 0 aliphatic rings. The van der Waals surface area contributed by atoms with Crippen molar-refractivity contribution in [3.8, 4) is 11.3 Å². The van der Waals surface area contributed by atoms with Crippen LogP contribution in [0.15, 0.2) is 42.6 Å². The summed E-state index contributed by atoms with van der Waals surface area (Å²) >= 11 is 0. The van der Waals surface area contributed by atoms with E-state index >= 15 is 0 Å². The smallest absolute Gasteiger partial charge is 0.0923 e. The van der Waals surface area contributed by atoms with Crippen molar-refractivity contribution in [2.24, 2.45) is 5.73 Å². The second-order valence-corrected chi connectivity index (χ2v) is 3.63. The Labute approximate surface area is 89.5 Å². The maximum atomic E-state index is 5.59. The molecule has 0 spiro atoms. The van der Waals surface area contributed by atoms with E-state index in [0.29, 0.717) is 6.54 Å². The van der Waals surface area contributed by atoms with E-state index in [4.69, 9.17) is 5.73 Å². The van der Waals surface area contributed by atoms with Crippen LogP contribution in [0.2, 0.25) is 0 Å². The Hall–Kier alpha value is -1.61. The third kappa shape index (κ3) is 2.07. The van der Waals surface area contributed by atoms with Gasteiger partial charge in [0.1, 0.15) is 0 Å². The fourth-order valence-corrected chi connectivity index (χ4v) is 1.45. The molecule has 2 N–H and O–H groups in total. The lowest BCUT2D eigenvalue weighted by Crippen LogP contribution is -2.16.